The van der Waals surface area contributed by atoms with Crippen molar-refractivity contribution in [2.75, 3.05) is 43.0 Å². The van der Waals surface area contributed by atoms with Crippen LogP contribution in [0.5, 0.6) is 5.75 Å². The summed E-state index contributed by atoms with van der Waals surface area (Å²) in [6.07, 6.45) is 4.84. The molecule has 0 unspecified atom stereocenters. The molecule has 1 aromatic carbocycles. The first kappa shape index (κ1) is 18.1. The molecule has 23 heavy (non-hydrogen) atoms. The summed E-state index contributed by atoms with van der Waals surface area (Å²) in [6, 6.07) is 8.32. The number of ether oxygens (including phenoxy) is 1. The van der Waals surface area contributed by atoms with Crippen LogP contribution in [0.25, 0.3) is 0 Å². The minimum Gasteiger partial charge on any atom is -0.494 e. The Morgan fingerprint density at radius 1 is 1.04 bits per heavy atom. The Balaban J connectivity index is 1.71. The second-order valence-corrected chi connectivity index (χ2v) is 6.73. The molecular formula is C18H27BrN2O2. The van der Waals surface area contributed by atoms with Gasteiger partial charge in [0, 0.05) is 44.1 Å². The molecule has 1 saturated heterocycles. The maximum atomic E-state index is 11.4. The fourth-order valence-electron chi connectivity index (χ4n) is 2.77. The van der Waals surface area contributed by atoms with E-state index in [4.69, 9.17) is 4.74 Å². The van der Waals surface area contributed by atoms with E-state index in [1.165, 1.54) is 24.9 Å². The average Bonchev–Trinajstić information content (AvgIpc) is 2.58. The average molecular weight is 383 g/mol. The van der Waals surface area contributed by atoms with Gasteiger partial charge < -0.3 is 14.5 Å². The van der Waals surface area contributed by atoms with E-state index in [1.54, 1.807) is 6.92 Å². The summed E-state index contributed by atoms with van der Waals surface area (Å²) in [7, 11) is 0. The molecule has 0 bridgehead atoms. The molecule has 2 rings (SSSR count). The Kier molecular flexibility index (Phi) is 7.72. The van der Waals surface area contributed by atoms with Crippen molar-refractivity contribution in [3.63, 3.8) is 0 Å². The van der Waals surface area contributed by atoms with Crippen LogP contribution in [-0.2, 0) is 4.79 Å². The molecule has 1 aliphatic heterocycles. The topological polar surface area (TPSA) is 32.8 Å². The van der Waals surface area contributed by atoms with Gasteiger partial charge >= 0.3 is 0 Å². The standard InChI is InChI=1S/C18H27BrN2O2/c1-16(22)20-11-13-21(14-12-20)17-6-8-18(9-7-17)23-15-5-3-2-4-10-19/h6-9H,2-5,10-15H2,1H3. The maximum Gasteiger partial charge on any atom is 0.219 e. The number of alkyl halides is 1. The fraction of sp³-hybridized carbons (Fsp3) is 0.611. The Hall–Kier alpha value is -1.23. The van der Waals surface area contributed by atoms with Crippen molar-refractivity contribution in [1.82, 2.24) is 4.90 Å². The molecule has 1 aromatic rings. The third-order valence-corrected chi connectivity index (χ3v) is 4.78. The molecule has 1 aliphatic rings. The first-order chi connectivity index (χ1) is 11.2. The summed E-state index contributed by atoms with van der Waals surface area (Å²) in [5, 5.41) is 1.09. The van der Waals surface area contributed by atoms with Gasteiger partial charge in [-0.15, -0.1) is 0 Å². The number of piperazine rings is 1. The number of rotatable bonds is 8. The van der Waals surface area contributed by atoms with E-state index in [0.717, 1.165) is 50.3 Å². The summed E-state index contributed by atoms with van der Waals surface area (Å²) in [4.78, 5) is 15.6. The molecule has 0 aliphatic carbocycles. The lowest BCUT2D eigenvalue weighted by Gasteiger charge is -2.35. The number of nitrogens with zero attached hydrogens (tertiary/aromatic N) is 2. The zero-order valence-corrected chi connectivity index (χ0v) is 15.6. The maximum absolute atomic E-state index is 11.4. The van der Waals surface area contributed by atoms with Gasteiger partial charge in [0.05, 0.1) is 6.61 Å². The summed E-state index contributed by atoms with van der Waals surface area (Å²) >= 11 is 3.45. The first-order valence-electron chi connectivity index (χ1n) is 8.50. The molecule has 128 valence electrons. The Morgan fingerprint density at radius 2 is 1.70 bits per heavy atom. The van der Waals surface area contributed by atoms with Gasteiger partial charge in [-0.25, -0.2) is 0 Å². The molecule has 0 spiro atoms. The van der Waals surface area contributed by atoms with Crippen LogP contribution in [0.15, 0.2) is 24.3 Å². The third kappa shape index (κ3) is 6.05. The zero-order chi connectivity index (χ0) is 16.5. The Morgan fingerprint density at radius 3 is 2.30 bits per heavy atom. The Bertz CT molecular complexity index is 470. The lowest BCUT2D eigenvalue weighted by Crippen LogP contribution is -2.48. The third-order valence-electron chi connectivity index (χ3n) is 4.22. The van der Waals surface area contributed by atoms with E-state index >= 15 is 0 Å². The van der Waals surface area contributed by atoms with Gasteiger partial charge in [-0.3, -0.25) is 4.79 Å². The summed E-state index contributed by atoms with van der Waals surface area (Å²) < 4.78 is 5.79. The molecule has 0 atom stereocenters. The van der Waals surface area contributed by atoms with E-state index < -0.39 is 0 Å². The van der Waals surface area contributed by atoms with Gasteiger partial charge in [-0.2, -0.15) is 0 Å². The largest absolute Gasteiger partial charge is 0.494 e. The van der Waals surface area contributed by atoms with Crippen molar-refractivity contribution >= 4 is 27.5 Å². The highest BCUT2D eigenvalue weighted by molar-refractivity contribution is 9.09. The number of amides is 1. The monoisotopic (exact) mass is 382 g/mol. The highest BCUT2D eigenvalue weighted by Crippen LogP contribution is 2.21. The molecule has 5 heteroatoms. The van der Waals surface area contributed by atoms with Crippen molar-refractivity contribution in [2.45, 2.75) is 32.6 Å². The first-order valence-corrected chi connectivity index (χ1v) is 9.62. The van der Waals surface area contributed by atoms with Gasteiger partial charge in [-0.1, -0.05) is 28.8 Å². The quantitative estimate of drug-likeness (QED) is 0.507. The molecule has 0 radical (unpaired) electrons. The number of anilines is 1. The second-order valence-electron chi connectivity index (χ2n) is 5.94. The van der Waals surface area contributed by atoms with Crippen molar-refractivity contribution in [1.29, 1.82) is 0 Å². The molecule has 0 aromatic heterocycles. The van der Waals surface area contributed by atoms with Gasteiger partial charge in [0.25, 0.3) is 0 Å². The summed E-state index contributed by atoms with van der Waals surface area (Å²) in [5.41, 5.74) is 1.21. The minimum atomic E-state index is 0.171. The number of carbonyl (C=O) groups is 1. The molecule has 1 amide bonds. The molecule has 0 N–H and O–H groups in total. The highest BCUT2D eigenvalue weighted by Gasteiger charge is 2.18. The van der Waals surface area contributed by atoms with Crippen LogP contribution in [0.1, 0.15) is 32.6 Å². The molecule has 1 fully saturated rings. The molecule has 4 nitrogen and oxygen atoms in total. The van der Waals surface area contributed by atoms with E-state index in [0.29, 0.717) is 0 Å². The summed E-state index contributed by atoms with van der Waals surface area (Å²) in [5.74, 6) is 1.11. The molecule has 1 heterocycles. The SMILES string of the molecule is CC(=O)N1CCN(c2ccc(OCCCCCCBr)cc2)CC1. The smallest absolute Gasteiger partial charge is 0.219 e. The van der Waals surface area contributed by atoms with Gasteiger partial charge in [-0.05, 0) is 37.1 Å². The number of hydrogen-bond acceptors (Lipinski definition) is 3. The van der Waals surface area contributed by atoms with Crippen LogP contribution in [0.2, 0.25) is 0 Å². The van der Waals surface area contributed by atoms with E-state index in [2.05, 4.69) is 33.0 Å². The number of carbonyl (C=O) groups excluding carboxylic acids is 1. The van der Waals surface area contributed by atoms with E-state index in [9.17, 15) is 4.79 Å². The normalized spacial score (nSPS) is 14.9. The van der Waals surface area contributed by atoms with Crippen LogP contribution >= 0.6 is 15.9 Å². The van der Waals surface area contributed by atoms with E-state index in [1.807, 2.05) is 17.0 Å². The van der Waals surface area contributed by atoms with Gasteiger partial charge in [0.1, 0.15) is 5.75 Å². The Labute approximate surface area is 147 Å². The van der Waals surface area contributed by atoms with E-state index in [-0.39, 0.29) is 5.91 Å². The van der Waals surface area contributed by atoms with Crippen LogP contribution in [0.4, 0.5) is 5.69 Å². The number of halogens is 1. The fourth-order valence-corrected chi connectivity index (χ4v) is 3.17. The van der Waals surface area contributed by atoms with Gasteiger partial charge in [0.2, 0.25) is 5.91 Å². The zero-order valence-electron chi connectivity index (χ0n) is 14.0. The summed E-state index contributed by atoms with van der Waals surface area (Å²) in [6.45, 7) is 5.84. The predicted molar refractivity (Wildman–Crippen MR) is 98.7 cm³/mol. The van der Waals surface area contributed by atoms with Crippen LogP contribution in [0.3, 0.4) is 0 Å². The predicted octanol–water partition coefficient (Wildman–Crippen LogP) is 3.69. The van der Waals surface area contributed by atoms with Crippen molar-refractivity contribution < 1.29 is 9.53 Å². The van der Waals surface area contributed by atoms with Crippen molar-refractivity contribution in [2.24, 2.45) is 0 Å². The highest BCUT2D eigenvalue weighted by atomic mass is 79.9. The second kappa shape index (κ2) is 9.81. The van der Waals surface area contributed by atoms with Crippen molar-refractivity contribution in [3.8, 4) is 5.75 Å². The lowest BCUT2D eigenvalue weighted by atomic mass is 10.2. The van der Waals surface area contributed by atoms with Crippen LogP contribution in [0, 0.1) is 0 Å². The van der Waals surface area contributed by atoms with Crippen molar-refractivity contribution in [3.05, 3.63) is 24.3 Å². The number of unbranched alkanes of at least 4 members (excludes halogenated alkanes) is 3. The van der Waals surface area contributed by atoms with Crippen LogP contribution < -0.4 is 9.64 Å². The van der Waals surface area contributed by atoms with Crippen LogP contribution in [-0.4, -0.2) is 48.9 Å². The number of hydrogen-bond donors (Lipinski definition) is 0. The molecular weight excluding hydrogens is 356 g/mol. The lowest BCUT2D eigenvalue weighted by molar-refractivity contribution is -0.129. The minimum absolute atomic E-state index is 0.171. The van der Waals surface area contributed by atoms with Gasteiger partial charge in [0.15, 0.2) is 0 Å². The molecule has 0 saturated carbocycles. The number of benzene rings is 1.